The summed E-state index contributed by atoms with van der Waals surface area (Å²) in [5.41, 5.74) is 8.93. The zero-order valence-corrected chi connectivity index (χ0v) is 14.8. The van der Waals surface area contributed by atoms with Crippen LogP contribution < -0.4 is 20.6 Å². The van der Waals surface area contributed by atoms with Gasteiger partial charge in [0.15, 0.2) is 6.61 Å². The summed E-state index contributed by atoms with van der Waals surface area (Å²) in [4.78, 5) is 22.6. The zero-order chi connectivity index (χ0) is 18.9. The van der Waals surface area contributed by atoms with Crippen LogP contribution in [0.2, 0.25) is 5.02 Å². The summed E-state index contributed by atoms with van der Waals surface area (Å²) < 4.78 is 10.3. The highest BCUT2D eigenvalue weighted by Crippen LogP contribution is 2.24. The number of benzene rings is 2. The van der Waals surface area contributed by atoms with Gasteiger partial charge in [-0.2, -0.15) is 5.10 Å². The third kappa shape index (κ3) is 6.10. The molecule has 2 aromatic rings. The van der Waals surface area contributed by atoms with Crippen LogP contribution in [-0.2, 0) is 16.0 Å². The maximum atomic E-state index is 11.9. The van der Waals surface area contributed by atoms with Crippen molar-refractivity contribution >= 4 is 29.6 Å². The fourth-order valence-electron chi connectivity index (χ4n) is 2.05. The van der Waals surface area contributed by atoms with Gasteiger partial charge in [0.25, 0.3) is 5.91 Å². The van der Waals surface area contributed by atoms with Crippen LogP contribution >= 0.6 is 11.6 Å². The number of halogens is 1. The van der Waals surface area contributed by atoms with Crippen LogP contribution in [0.15, 0.2) is 47.6 Å². The summed E-state index contributed by atoms with van der Waals surface area (Å²) in [6, 6.07) is 12.1. The number of nitrogens with one attached hydrogen (secondary N) is 1. The number of nitrogens with two attached hydrogens (primary N) is 1. The van der Waals surface area contributed by atoms with Gasteiger partial charge in [0, 0.05) is 0 Å². The van der Waals surface area contributed by atoms with E-state index in [2.05, 4.69) is 10.5 Å². The third-order valence-electron chi connectivity index (χ3n) is 3.23. The van der Waals surface area contributed by atoms with Crippen molar-refractivity contribution in [2.45, 2.75) is 6.42 Å². The van der Waals surface area contributed by atoms with Crippen molar-refractivity contribution in [3.8, 4) is 11.5 Å². The van der Waals surface area contributed by atoms with Gasteiger partial charge in [-0.3, -0.25) is 9.59 Å². The molecule has 0 aliphatic heterocycles. The molecule has 0 aromatic heterocycles. The number of amides is 2. The van der Waals surface area contributed by atoms with E-state index in [4.69, 9.17) is 26.8 Å². The van der Waals surface area contributed by atoms with Gasteiger partial charge < -0.3 is 15.2 Å². The molecular weight excluding hydrogens is 358 g/mol. The van der Waals surface area contributed by atoms with Crippen molar-refractivity contribution in [1.82, 2.24) is 5.43 Å². The molecule has 0 radical (unpaired) electrons. The van der Waals surface area contributed by atoms with Crippen molar-refractivity contribution in [2.24, 2.45) is 10.8 Å². The lowest BCUT2D eigenvalue weighted by molar-refractivity contribution is -0.121. The van der Waals surface area contributed by atoms with Gasteiger partial charge in [0.05, 0.1) is 24.8 Å². The number of ether oxygens (including phenoxy) is 2. The maximum absolute atomic E-state index is 11.9. The third-order valence-corrected chi connectivity index (χ3v) is 3.52. The van der Waals surface area contributed by atoms with E-state index < -0.39 is 5.91 Å². The molecule has 7 nitrogen and oxygen atoms in total. The Kier molecular flexibility index (Phi) is 6.99. The second-order valence-corrected chi connectivity index (χ2v) is 5.67. The van der Waals surface area contributed by atoms with Gasteiger partial charge in [-0.1, -0.05) is 23.7 Å². The second kappa shape index (κ2) is 9.43. The van der Waals surface area contributed by atoms with Crippen molar-refractivity contribution in [3.63, 3.8) is 0 Å². The van der Waals surface area contributed by atoms with Crippen molar-refractivity contribution in [2.75, 3.05) is 13.7 Å². The van der Waals surface area contributed by atoms with Crippen molar-refractivity contribution in [3.05, 3.63) is 58.6 Å². The number of carbonyl (C=O) groups excluding carboxylic acids is 2. The molecule has 0 fully saturated rings. The Balaban J connectivity index is 1.89. The summed E-state index contributed by atoms with van der Waals surface area (Å²) >= 11 is 6.05. The molecule has 136 valence electrons. The molecule has 0 heterocycles. The summed E-state index contributed by atoms with van der Waals surface area (Å²) in [5, 5.41) is 4.20. The predicted molar refractivity (Wildman–Crippen MR) is 98.6 cm³/mol. The molecule has 2 rings (SSSR count). The van der Waals surface area contributed by atoms with Gasteiger partial charge >= 0.3 is 0 Å². The van der Waals surface area contributed by atoms with Crippen LogP contribution in [0.1, 0.15) is 11.1 Å². The Bertz CT molecular complexity index is 824. The Morgan fingerprint density at radius 3 is 2.77 bits per heavy atom. The molecule has 2 amide bonds. The number of hydrogen-bond acceptors (Lipinski definition) is 5. The van der Waals surface area contributed by atoms with E-state index >= 15 is 0 Å². The number of carbonyl (C=O) groups is 2. The van der Waals surface area contributed by atoms with E-state index in [-0.39, 0.29) is 18.9 Å². The zero-order valence-electron chi connectivity index (χ0n) is 14.1. The Labute approximate surface area is 155 Å². The summed E-state index contributed by atoms with van der Waals surface area (Å²) in [6.45, 7) is -0.256. The van der Waals surface area contributed by atoms with E-state index in [0.29, 0.717) is 22.1 Å². The summed E-state index contributed by atoms with van der Waals surface area (Å²) in [5.74, 6) is 0.171. The minimum Gasteiger partial charge on any atom is -0.497 e. The van der Waals surface area contributed by atoms with Crippen molar-refractivity contribution in [1.29, 1.82) is 0 Å². The monoisotopic (exact) mass is 375 g/mol. The highest BCUT2D eigenvalue weighted by molar-refractivity contribution is 6.32. The fraction of sp³-hybridized carbons (Fsp3) is 0.167. The molecule has 0 saturated carbocycles. The van der Waals surface area contributed by atoms with Crippen LogP contribution in [0.3, 0.4) is 0 Å². The molecule has 0 atom stereocenters. The van der Waals surface area contributed by atoms with E-state index in [9.17, 15) is 9.59 Å². The minimum atomic E-state index is -0.592. The number of primary amides is 1. The maximum Gasteiger partial charge on any atom is 0.255 e. The van der Waals surface area contributed by atoms with Gasteiger partial charge in [-0.25, -0.2) is 5.43 Å². The summed E-state index contributed by atoms with van der Waals surface area (Å²) in [6.07, 6.45) is 1.63. The highest BCUT2D eigenvalue weighted by atomic mass is 35.5. The molecule has 0 aliphatic rings. The summed E-state index contributed by atoms with van der Waals surface area (Å²) in [7, 11) is 1.57. The topological polar surface area (TPSA) is 103 Å². The first kappa shape index (κ1) is 19.3. The highest BCUT2D eigenvalue weighted by Gasteiger charge is 2.05. The first-order chi connectivity index (χ1) is 12.5. The number of rotatable bonds is 8. The van der Waals surface area contributed by atoms with E-state index in [0.717, 1.165) is 5.56 Å². The lowest BCUT2D eigenvalue weighted by Crippen LogP contribution is -2.20. The molecule has 8 heteroatoms. The first-order valence-corrected chi connectivity index (χ1v) is 8.01. The predicted octanol–water partition coefficient (Wildman–Crippen LogP) is 1.91. The number of nitrogens with zero attached hydrogens (tertiary/aromatic N) is 1. The van der Waals surface area contributed by atoms with E-state index in [1.165, 1.54) is 6.21 Å². The van der Waals surface area contributed by atoms with Crippen LogP contribution in [0, 0.1) is 0 Å². The normalized spacial score (nSPS) is 10.5. The number of hydrazone groups is 1. The lowest BCUT2D eigenvalue weighted by Gasteiger charge is -2.06. The number of hydrogen-bond donors (Lipinski definition) is 2. The van der Waals surface area contributed by atoms with E-state index in [1.807, 2.05) is 12.1 Å². The fourth-order valence-corrected chi connectivity index (χ4v) is 2.29. The quantitative estimate of drug-likeness (QED) is 0.543. The lowest BCUT2D eigenvalue weighted by atomic mass is 10.1. The van der Waals surface area contributed by atoms with Crippen LogP contribution in [0.25, 0.3) is 0 Å². The molecule has 0 aliphatic carbocycles. The molecule has 0 bridgehead atoms. The van der Waals surface area contributed by atoms with Crippen molar-refractivity contribution < 1.29 is 19.1 Å². The molecule has 26 heavy (non-hydrogen) atoms. The van der Waals surface area contributed by atoms with Gasteiger partial charge in [0.1, 0.15) is 11.5 Å². The molecular formula is C18H18ClN3O4. The van der Waals surface area contributed by atoms with Crippen LogP contribution in [-0.4, -0.2) is 31.7 Å². The Morgan fingerprint density at radius 1 is 1.27 bits per heavy atom. The first-order valence-electron chi connectivity index (χ1n) is 7.63. The molecule has 3 N–H and O–H groups in total. The average Bonchev–Trinajstić information content (AvgIpc) is 2.61. The largest absolute Gasteiger partial charge is 0.497 e. The molecule has 0 spiro atoms. The standard InChI is InChI=1S/C18H18ClN3O4/c1-25-14-4-2-3-12(7-14)9-18(24)22-21-10-13-5-6-16(15(19)8-13)26-11-17(20)23/h2-8,10H,9,11H2,1H3,(H2,20,23)(H,22,24). The molecule has 2 aromatic carbocycles. The van der Waals surface area contributed by atoms with Crippen LogP contribution in [0.4, 0.5) is 0 Å². The van der Waals surface area contributed by atoms with Crippen LogP contribution in [0.5, 0.6) is 11.5 Å². The molecule has 0 unspecified atom stereocenters. The number of methoxy groups -OCH3 is 1. The van der Waals surface area contributed by atoms with Gasteiger partial charge in [-0.15, -0.1) is 0 Å². The Hall–Kier alpha value is -3.06. The van der Waals surface area contributed by atoms with Gasteiger partial charge in [-0.05, 0) is 41.5 Å². The smallest absolute Gasteiger partial charge is 0.255 e. The van der Waals surface area contributed by atoms with E-state index in [1.54, 1.807) is 37.4 Å². The van der Waals surface area contributed by atoms with Gasteiger partial charge in [0.2, 0.25) is 5.91 Å². The SMILES string of the molecule is COc1cccc(CC(=O)NN=Cc2ccc(OCC(N)=O)c(Cl)c2)c1. The second-order valence-electron chi connectivity index (χ2n) is 5.27. The average molecular weight is 376 g/mol. The molecule has 0 saturated heterocycles. The minimum absolute atomic E-state index is 0.176. The Morgan fingerprint density at radius 2 is 2.08 bits per heavy atom.